The largest absolute Gasteiger partial charge is 0.361 e. The van der Waals surface area contributed by atoms with E-state index >= 15 is 0 Å². The normalized spacial score (nSPS) is 15.8. The molecular formula is C22H21N3O2. The van der Waals surface area contributed by atoms with Crippen molar-refractivity contribution in [1.29, 1.82) is 0 Å². The molecule has 1 aromatic heterocycles. The first-order valence-electron chi connectivity index (χ1n) is 9.12. The molecule has 4 rings (SSSR count). The van der Waals surface area contributed by atoms with E-state index in [1.807, 2.05) is 12.1 Å². The van der Waals surface area contributed by atoms with Crippen LogP contribution in [-0.4, -0.2) is 22.6 Å². The number of aromatic nitrogens is 1. The van der Waals surface area contributed by atoms with E-state index in [-0.39, 0.29) is 0 Å². The van der Waals surface area contributed by atoms with Gasteiger partial charge in [0.2, 0.25) is 0 Å². The van der Waals surface area contributed by atoms with E-state index in [1.165, 1.54) is 28.1 Å². The summed E-state index contributed by atoms with van der Waals surface area (Å²) in [4.78, 5) is 14.4. The number of amides is 1. The number of aromatic amines is 1. The Morgan fingerprint density at radius 1 is 1.33 bits per heavy atom. The number of benzene rings is 1. The van der Waals surface area contributed by atoms with Gasteiger partial charge in [0.1, 0.15) is 0 Å². The summed E-state index contributed by atoms with van der Waals surface area (Å²) in [5.41, 5.74) is 7.28. The lowest BCUT2D eigenvalue weighted by Gasteiger charge is -2.12. The summed E-state index contributed by atoms with van der Waals surface area (Å²) in [5, 5.41) is 13.5. The molecule has 27 heavy (non-hydrogen) atoms. The molecule has 0 radical (unpaired) electrons. The lowest BCUT2D eigenvalue weighted by molar-refractivity contribution is -0.124. The maximum atomic E-state index is 11.1. The maximum Gasteiger partial charge on any atom is 0.267 e. The van der Waals surface area contributed by atoms with E-state index in [0.717, 1.165) is 36.9 Å². The first-order chi connectivity index (χ1) is 13.2. The minimum absolute atomic E-state index is 0.292. The molecular weight excluding hydrogens is 338 g/mol. The fourth-order valence-electron chi connectivity index (χ4n) is 3.70. The van der Waals surface area contributed by atoms with Crippen LogP contribution in [0.3, 0.4) is 0 Å². The van der Waals surface area contributed by atoms with Crippen LogP contribution in [0.25, 0.3) is 17.0 Å². The number of hydroxylamine groups is 1. The first kappa shape index (κ1) is 17.3. The summed E-state index contributed by atoms with van der Waals surface area (Å²) in [5.74, 6) is -0.555. The molecule has 136 valence electrons. The molecule has 4 N–H and O–H groups in total. The molecule has 5 heteroatoms. The topological polar surface area (TPSA) is 77.2 Å². The number of rotatable bonds is 6. The molecule has 1 aliphatic carbocycles. The third-order valence-corrected chi connectivity index (χ3v) is 5.05. The van der Waals surface area contributed by atoms with E-state index in [2.05, 4.69) is 46.8 Å². The smallest absolute Gasteiger partial charge is 0.267 e. The van der Waals surface area contributed by atoms with Crippen molar-refractivity contribution < 1.29 is 10.0 Å². The minimum Gasteiger partial charge on any atom is -0.361 e. The van der Waals surface area contributed by atoms with E-state index in [4.69, 9.17) is 5.21 Å². The predicted molar refractivity (Wildman–Crippen MR) is 104 cm³/mol. The zero-order valence-electron chi connectivity index (χ0n) is 14.9. The first-order valence-corrected chi connectivity index (χ1v) is 9.12. The number of hydrogen-bond donors (Lipinski definition) is 4. The molecule has 0 saturated carbocycles. The Morgan fingerprint density at radius 3 is 3.11 bits per heavy atom. The average molecular weight is 359 g/mol. The summed E-state index contributed by atoms with van der Waals surface area (Å²) in [6.07, 6.45) is 7.99. The van der Waals surface area contributed by atoms with Gasteiger partial charge in [0.25, 0.3) is 5.91 Å². The highest BCUT2D eigenvalue weighted by atomic mass is 16.5. The van der Waals surface area contributed by atoms with Crippen molar-refractivity contribution in [1.82, 2.24) is 15.8 Å². The molecule has 2 aromatic carbocycles. The number of para-hydroxylation sites is 1. The van der Waals surface area contributed by atoms with Crippen LogP contribution in [0.1, 0.15) is 34.7 Å². The molecule has 3 aromatic rings. The predicted octanol–water partition coefficient (Wildman–Crippen LogP) is 3.11. The number of carbonyl (C=O) groups excluding carboxylic acids is 1. The van der Waals surface area contributed by atoms with E-state index in [0.29, 0.717) is 6.04 Å². The Morgan fingerprint density at radius 2 is 2.22 bits per heavy atom. The number of aryl methyl sites for hydroxylation is 1. The summed E-state index contributed by atoms with van der Waals surface area (Å²) in [6, 6.07) is 17.0. The van der Waals surface area contributed by atoms with Gasteiger partial charge in [-0.3, -0.25) is 10.0 Å². The molecule has 0 aliphatic heterocycles. The quantitative estimate of drug-likeness (QED) is 0.310. The molecule has 1 atom stereocenters. The van der Waals surface area contributed by atoms with E-state index in [1.54, 1.807) is 11.6 Å². The summed E-state index contributed by atoms with van der Waals surface area (Å²) >= 11 is 0. The van der Waals surface area contributed by atoms with Crippen LogP contribution in [0.4, 0.5) is 0 Å². The number of hydrogen-bond acceptors (Lipinski definition) is 3. The minimum atomic E-state index is -0.555. The number of fused-ring (bicyclic) bond motifs is 2. The third-order valence-electron chi connectivity index (χ3n) is 5.05. The second-order valence-electron chi connectivity index (χ2n) is 6.75. The van der Waals surface area contributed by atoms with Crippen molar-refractivity contribution in [2.75, 3.05) is 6.54 Å². The van der Waals surface area contributed by atoms with Gasteiger partial charge < -0.3 is 10.3 Å². The van der Waals surface area contributed by atoms with Crippen molar-refractivity contribution >= 4 is 22.9 Å². The van der Waals surface area contributed by atoms with Gasteiger partial charge in [0, 0.05) is 40.3 Å². The second-order valence-corrected chi connectivity index (χ2v) is 6.75. The van der Waals surface area contributed by atoms with Gasteiger partial charge in [-0.15, -0.1) is 0 Å². The molecule has 0 fully saturated rings. The molecule has 1 aliphatic rings. The second kappa shape index (κ2) is 7.67. The Hall–Kier alpha value is -3.07. The highest BCUT2D eigenvalue weighted by Gasteiger charge is 2.22. The maximum absolute atomic E-state index is 11.1. The Kier molecular flexibility index (Phi) is 4.93. The molecule has 0 bridgehead atoms. The zero-order valence-corrected chi connectivity index (χ0v) is 14.9. The van der Waals surface area contributed by atoms with Gasteiger partial charge >= 0.3 is 0 Å². The van der Waals surface area contributed by atoms with Crippen molar-refractivity contribution in [3.8, 4) is 0 Å². The van der Waals surface area contributed by atoms with Crippen molar-refractivity contribution in [3.63, 3.8) is 0 Å². The average Bonchev–Trinajstić information content (AvgIpc) is 3.30. The highest BCUT2D eigenvalue weighted by Crippen LogP contribution is 2.30. The Bertz CT molecular complexity index is 990. The van der Waals surface area contributed by atoms with Gasteiger partial charge in [-0.05, 0) is 55.1 Å². The SMILES string of the molecule is O=C(/C=C/c1c#cc2c(c1)CCC2NCCc1c[nH]c2ccccc12)NO. The van der Waals surface area contributed by atoms with Crippen molar-refractivity contribution in [2.45, 2.75) is 25.3 Å². The van der Waals surface area contributed by atoms with Gasteiger partial charge in [-0.1, -0.05) is 30.3 Å². The van der Waals surface area contributed by atoms with Crippen LogP contribution in [0.15, 0.2) is 42.6 Å². The summed E-state index contributed by atoms with van der Waals surface area (Å²) in [6.45, 7) is 0.901. The van der Waals surface area contributed by atoms with Crippen molar-refractivity contribution in [2.24, 2.45) is 0 Å². The van der Waals surface area contributed by atoms with E-state index in [9.17, 15) is 4.79 Å². The lowest BCUT2D eigenvalue weighted by atomic mass is 10.1. The highest BCUT2D eigenvalue weighted by molar-refractivity contribution is 5.90. The van der Waals surface area contributed by atoms with Crippen LogP contribution in [0.5, 0.6) is 0 Å². The number of nitrogens with one attached hydrogen (secondary N) is 3. The van der Waals surface area contributed by atoms with Crippen LogP contribution in [-0.2, 0) is 17.6 Å². The van der Waals surface area contributed by atoms with Crippen LogP contribution >= 0.6 is 0 Å². The molecule has 0 saturated heterocycles. The molecule has 5 nitrogen and oxygen atoms in total. The van der Waals surface area contributed by atoms with Gasteiger partial charge in [0.15, 0.2) is 0 Å². The molecule has 1 amide bonds. The lowest BCUT2D eigenvalue weighted by Crippen LogP contribution is -2.21. The summed E-state index contributed by atoms with van der Waals surface area (Å²) < 4.78 is 0. The Balaban J connectivity index is 1.38. The van der Waals surface area contributed by atoms with Crippen LogP contribution in [0, 0.1) is 12.1 Å². The van der Waals surface area contributed by atoms with Gasteiger partial charge in [0.05, 0.1) is 0 Å². The van der Waals surface area contributed by atoms with Gasteiger partial charge in [-0.25, -0.2) is 5.48 Å². The number of carbonyl (C=O) groups is 1. The zero-order chi connectivity index (χ0) is 18.6. The standard InChI is InChI=1S/C22H21N3O2/c26-22(25-27)10-6-15-5-8-19-16(13-15)7-9-21(19)23-12-11-17-14-24-20-4-2-1-3-18(17)20/h1-4,6,10,13-14,21,23-24,27H,7,9,11-12H2,(H,25,26)/b10-6+. The van der Waals surface area contributed by atoms with Crippen molar-refractivity contribution in [3.05, 3.63) is 77.0 Å². The van der Waals surface area contributed by atoms with Crippen LogP contribution in [0.2, 0.25) is 0 Å². The monoisotopic (exact) mass is 359 g/mol. The summed E-state index contributed by atoms with van der Waals surface area (Å²) in [7, 11) is 0. The van der Waals surface area contributed by atoms with Crippen LogP contribution < -0.4 is 10.8 Å². The van der Waals surface area contributed by atoms with Gasteiger partial charge in [-0.2, -0.15) is 0 Å². The fraction of sp³-hybridized carbons (Fsp3) is 0.227. The fourth-order valence-corrected chi connectivity index (χ4v) is 3.70. The molecule has 1 unspecified atom stereocenters. The Labute approximate surface area is 158 Å². The van der Waals surface area contributed by atoms with E-state index < -0.39 is 5.91 Å². The molecule has 1 heterocycles. The molecule has 0 spiro atoms. The third kappa shape index (κ3) is 3.72. The number of H-pyrrole nitrogens is 1.